The quantitative estimate of drug-likeness (QED) is 0.647. The van der Waals surface area contributed by atoms with Crippen LogP contribution in [0.15, 0.2) is 0 Å². The fourth-order valence-electron chi connectivity index (χ4n) is 1.58. The van der Waals surface area contributed by atoms with Gasteiger partial charge in [-0.1, -0.05) is 34.6 Å². The molecule has 0 saturated carbocycles. The first-order valence-electron chi connectivity index (χ1n) is 5.51. The molecule has 2 nitrogen and oxygen atoms in total. The van der Waals surface area contributed by atoms with Crippen LogP contribution >= 0.6 is 0 Å². The molecule has 0 radical (unpaired) electrons. The summed E-state index contributed by atoms with van der Waals surface area (Å²) >= 11 is 0. The Morgan fingerprint density at radius 2 is 1.64 bits per heavy atom. The van der Waals surface area contributed by atoms with E-state index in [4.69, 9.17) is 4.74 Å². The maximum atomic E-state index is 6.11. The Labute approximate surface area is 88.4 Å². The normalized spacial score (nSPS) is 33.9. The third-order valence-electron chi connectivity index (χ3n) is 3.43. The van der Waals surface area contributed by atoms with E-state index in [-0.39, 0.29) is 16.4 Å². The minimum Gasteiger partial charge on any atom is -0.373 e. The third-order valence-corrected chi connectivity index (χ3v) is 3.43. The van der Waals surface area contributed by atoms with E-state index in [2.05, 4.69) is 46.9 Å². The van der Waals surface area contributed by atoms with Gasteiger partial charge in [0.05, 0.1) is 12.2 Å². The van der Waals surface area contributed by atoms with Gasteiger partial charge in [-0.2, -0.15) is 0 Å². The van der Waals surface area contributed by atoms with Crippen LogP contribution in [0.25, 0.3) is 0 Å². The van der Waals surface area contributed by atoms with Crippen molar-refractivity contribution in [1.82, 2.24) is 5.32 Å². The van der Waals surface area contributed by atoms with Crippen molar-refractivity contribution in [2.24, 2.45) is 10.8 Å². The van der Waals surface area contributed by atoms with Gasteiger partial charge in [0.1, 0.15) is 0 Å². The summed E-state index contributed by atoms with van der Waals surface area (Å²) in [6, 6.07) is 0. The number of rotatable bonds is 0. The first kappa shape index (κ1) is 12.0. The fourth-order valence-corrected chi connectivity index (χ4v) is 1.58. The summed E-state index contributed by atoms with van der Waals surface area (Å²) in [4.78, 5) is 0. The monoisotopic (exact) mass is 199 g/mol. The van der Waals surface area contributed by atoms with E-state index in [1.54, 1.807) is 0 Å². The second-order valence-electron chi connectivity index (χ2n) is 6.54. The molecule has 1 N–H and O–H groups in total. The van der Waals surface area contributed by atoms with Gasteiger partial charge in [-0.05, 0) is 12.3 Å². The summed E-state index contributed by atoms with van der Waals surface area (Å²) in [5.41, 5.74) is 0.379. The summed E-state index contributed by atoms with van der Waals surface area (Å²) in [6.07, 6.45) is 0. The van der Waals surface area contributed by atoms with Crippen LogP contribution in [-0.4, -0.2) is 25.3 Å². The zero-order valence-electron chi connectivity index (χ0n) is 10.5. The molecule has 84 valence electrons. The van der Waals surface area contributed by atoms with Gasteiger partial charge in [0.25, 0.3) is 0 Å². The van der Waals surface area contributed by atoms with Crippen molar-refractivity contribution in [3.05, 3.63) is 0 Å². The Hall–Kier alpha value is -0.0800. The van der Waals surface area contributed by atoms with E-state index >= 15 is 0 Å². The maximum Gasteiger partial charge on any atom is 0.0826 e. The predicted octanol–water partition coefficient (Wildman–Crippen LogP) is 2.44. The molecule has 1 atom stereocenters. The molecular weight excluding hydrogens is 174 g/mol. The van der Waals surface area contributed by atoms with Gasteiger partial charge in [0, 0.05) is 18.5 Å². The SMILES string of the molecule is CC1(C)CNCC(C)(C(C)(C)C)OC1. The van der Waals surface area contributed by atoms with Gasteiger partial charge < -0.3 is 10.1 Å². The Morgan fingerprint density at radius 3 is 2.14 bits per heavy atom. The minimum absolute atomic E-state index is 0.0548. The Bertz CT molecular complexity index is 205. The molecule has 0 spiro atoms. The molecule has 1 heterocycles. The molecule has 1 aliphatic rings. The van der Waals surface area contributed by atoms with Crippen LogP contribution in [0.4, 0.5) is 0 Å². The van der Waals surface area contributed by atoms with Gasteiger partial charge in [0.15, 0.2) is 0 Å². The van der Waals surface area contributed by atoms with Crippen LogP contribution < -0.4 is 5.32 Å². The topological polar surface area (TPSA) is 21.3 Å². The smallest absolute Gasteiger partial charge is 0.0826 e. The first-order valence-corrected chi connectivity index (χ1v) is 5.51. The predicted molar refractivity (Wildman–Crippen MR) is 60.5 cm³/mol. The van der Waals surface area contributed by atoms with Crippen LogP contribution in [0.2, 0.25) is 0 Å². The van der Waals surface area contributed by atoms with Crippen molar-refractivity contribution in [2.45, 2.75) is 47.1 Å². The van der Waals surface area contributed by atoms with Crippen molar-refractivity contribution >= 4 is 0 Å². The van der Waals surface area contributed by atoms with Gasteiger partial charge >= 0.3 is 0 Å². The summed E-state index contributed by atoms with van der Waals surface area (Å²) in [6.45, 7) is 16.3. The second kappa shape index (κ2) is 3.49. The lowest BCUT2D eigenvalue weighted by molar-refractivity contribution is -0.109. The summed E-state index contributed by atoms with van der Waals surface area (Å²) in [5.74, 6) is 0. The lowest BCUT2D eigenvalue weighted by atomic mass is 9.77. The van der Waals surface area contributed by atoms with E-state index in [1.165, 1.54) is 0 Å². The largest absolute Gasteiger partial charge is 0.373 e. The highest BCUT2D eigenvalue weighted by Gasteiger charge is 2.41. The fraction of sp³-hybridized carbons (Fsp3) is 1.00. The van der Waals surface area contributed by atoms with Crippen molar-refractivity contribution in [3.63, 3.8) is 0 Å². The molecule has 0 aromatic carbocycles. The van der Waals surface area contributed by atoms with E-state index in [0.29, 0.717) is 0 Å². The second-order valence-corrected chi connectivity index (χ2v) is 6.54. The number of hydrogen-bond acceptors (Lipinski definition) is 2. The standard InChI is InChI=1S/C12H25NO/c1-10(2,3)12(6)8-13-7-11(4,5)9-14-12/h13H,7-9H2,1-6H3. The average molecular weight is 199 g/mol. The molecule has 1 unspecified atom stereocenters. The molecule has 0 aliphatic carbocycles. The molecule has 2 heteroatoms. The van der Waals surface area contributed by atoms with E-state index in [9.17, 15) is 0 Å². The average Bonchev–Trinajstić information content (AvgIpc) is 2.10. The molecule has 1 saturated heterocycles. The highest BCUT2D eigenvalue weighted by atomic mass is 16.5. The van der Waals surface area contributed by atoms with Gasteiger partial charge in [-0.3, -0.25) is 0 Å². The number of nitrogens with one attached hydrogen (secondary N) is 1. The summed E-state index contributed by atoms with van der Waals surface area (Å²) in [5, 5.41) is 3.51. The molecule has 0 bridgehead atoms. The van der Waals surface area contributed by atoms with Gasteiger partial charge in [0.2, 0.25) is 0 Å². The van der Waals surface area contributed by atoms with Crippen LogP contribution in [-0.2, 0) is 4.74 Å². The Balaban J connectivity index is 2.75. The van der Waals surface area contributed by atoms with Crippen molar-refractivity contribution in [2.75, 3.05) is 19.7 Å². The van der Waals surface area contributed by atoms with Crippen molar-refractivity contribution in [1.29, 1.82) is 0 Å². The highest BCUT2D eigenvalue weighted by Crippen LogP contribution is 2.36. The van der Waals surface area contributed by atoms with Gasteiger partial charge in [-0.15, -0.1) is 0 Å². The van der Waals surface area contributed by atoms with Crippen molar-refractivity contribution < 1.29 is 4.74 Å². The first-order chi connectivity index (χ1) is 6.16. The van der Waals surface area contributed by atoms with Crippen LogP contribution in [0.3, 0.4) is 0 Å². The number of ether oxygens (including phenoxy) is 1. The number of hydrogen-bond donors (Lipinski definition) is 1. The van der Waals surface area contributed by atoms with Crippen LogP contribution in [0.1, 0.15) is 41.5 Å². The molecule has 1 rings (SSSR count). The van der Waals surface area contributed by atoms with Crippen LogP contribution in [0, 0.1) is 10.8 Å². The van der Waals surface area contributed by atoms with E-state index in [0.717, 1.165) is 19.7 Å². The van der Waals surface area contributed by atoms with Gasteiger partial charge in [-0.25, -0.2) is 0 Å². The van der Waals surface area contributed by atoms with E-state index in [1.807, 2.05) is 0 Å². The van der Waals surface area contributed by atoms with Crippen molar-refractivity contribution in [3.8, 4) is 0 Å². The molecule has 0 aromatic rings. The lowest BCUT2D eigenvalue weighted by Gasteiger charge is -2.41. The Kier molecular flexibility index (Phi) is 2.99. The highest BCUT2D eigenvalue weighted by molar-refractivity contribution is 4.93. The van der Waals surface area contributed by atoms with Crippen LogP contribution in [0.5, 0.6) is 0 Å². The van der Waals surface area contributed by atoms with E-state index < -0.39 is 0 Å². The molecule has 14 heavy (non-hydrogen) atoms. The molecule has 0 aromatic heterocycles. The lowest BCUT2D eigenvalue weighted by Crippen LogP contribution is -2.48. The molecule has 1 fully saturated rings. The minimum atomic E-state index is -0.0548. The Morgan fingerprint density at radius 1 is 1.07 bits per heavy atom. The molecular formula is C12H25NO. The molecule has 1 aliphatic heterocycles. The zero-order valence-corrected chi connectivity index (χ0v) is 10.5. The molecule has 0 amide bonds. The zero-order chi connectivity index (χ0) is 11.0. The maximum absolute atomic E-state index is 6.11. The third kappa shape index (κ3) is 2.48. The summed E-state index contributed by atoms with van der Waals surface area (Å²) in [7, 11) is 0. The summed E-state index contributed by atoms with van der Waals surface area (Å²) < 4.78 is 6.11.